The van der Waals surface area contributed by atoms with Gasteiger partial charge in [-0.05, 0) is 58.3 Å². The summed E-state index contributed by atoms with van der Waals surface area (Å²) in [6, 6.07) is -1.49. The van der Waals surface area contributed by atoms with Crippen molar-refractivity contribution in [3.05, 3.63) is 12.2 Å². The third-order valence-corrected chi connectivity index (χ3v) is 14.9. The van der Waals surface area contributed by atoms with E-state index in [1.807, 2.05) is 0 Å². The van der Waals surface area contributed by atoms with Crippen molar-refractivity contribution in [2.24, 2.45) is 0 Å². The molecule has 3 aliphatic heterocycles. The summed E-state index contributed by atoms with van der Waals surface area (Å²) in [7, 11) is -4.68. The first kappa shape index (κ1) is 73.9. The van der Waals surface area contributed by atoms with E-state index >= 15 is 0 Å². The summed E-state index contributed by atoms with van der Waals surface area (Å²) in [4.78, 5) is 71.4. The Morgan fingerprint density at radius 1 is 0.590 bits per heavy atom. The molecule has 29 heteroatoms. The van der Waals surface area contributed by atoms with Gasteiger partial charge in [0, 0.05) is 46.2 Å². The molecule has 0 aromatic heterocycles. The van der Waals surface area contributed by atoms with Crippen LogP contribution in [0, 0.1) is 0 Å². The monoisotopic (exact) mass is 1220 g/mol. The number of phosphoric ester groups is 1. The molecule has 3 amide bonds. The maximum atomic E-state index is 12.7. The SMILES string of the molecule is CCCCCCCC/C=C/CCCCCCCC(=O)OCC(COP(=O)(O)OCCNC(=O)CCCCC(=O)NCCCOC1OC(CO)C(O)C(OC2OC(CO)C(O)C(O)C2NC(C)=O)C1OC1OC(C)C(O)C(O)C1O)OC(C)=O. The van der Waals surface area contributed by atoms with E-state index in [2.05, 4.69) is 35.0 Å². The van der Waals surface area contributed by atoms with Gasteiger partial charge >= 0.3 is 19.8 Å². The van der Waals surface area contributed by atoms with Crippen molar-refractivity contribution in [2.75, 3.05) is 52.7 Å². The molecule has 12 N–H and O–H groups in total. The van der Waals surface area contributed by atoms with Crippen LogP contribution >= 0.6 is 7.82 Å². The summed E-state index contributed by atoms with van der Waals surface area (Å²) >= 11 is 0. The van der Waals surface area contributed by atoms with Crippen LogP contribution in [0.3, 0.4) is 0 Å². The zero-order valence-electron chi connectivity index (χ0n) is 48.5. The van der Waals surface area contributed by atoms with Crippen LogP contribution in [0.2, 0.25) is 0 Å². The highest BCUT2D eigenvalue weighted by Gasteiger charge is 2.54. The molecule has 3 heterocycles. The second kappa shape index (κ2) is 40.9. The van der Waals surface area contributed by atoms with Gasteiger partial charge in [0.15, 0.2) is 25.0 Å². The molecular weight excluding hydrogens is 1120 g/mol. The van der Waals surface area contributed by atoms with Crippen LogP contribution in [0.4, 0.5) is 0 Å². The van der Waals surface area contributed by atoms with Crippen LogP contribution in [0.5, 0.6) is 0 Å². The molecule has 0 saturated carbocycles. The Morgan fingerprint density at radius 2 is 1.16 bits per heavy atom. The largest absolute Gasteiger partial charge is 0.472 e. The van der Waals surface area contributed by atoms with Crippen LogP contribution in [0.15, 0.2) is 12.2 Å². The van der Waals surface area contributed by atoms with E-state index < -0.39 is 163 Å². The predicted molar refractivity (Wildman–Crippen MR) is 292 cm³/mol. The molecule has 0 spiro atoms. The fourth-order valence-corrected chi connectivity index (χ4v) is 10.0. The Kier molecular flexibility index (Phi) is 36.4. The van der Waals surface area contributed by atoms with E-state index in [1.54, 1.807) is 0 Å². The maximum Gasteiger partial charge on any atom is 0.472 e. The third-order valence-electron chi connectivity index (χ3n) is 13.9. The lowest BCUT2D eigenvalue weighted by molar-refractivity contribution is -0.385. The number of unbranched alkanes of at least 4 members (excludes halogenated alkanes) is 12. The molecule has 3 saturated heterocycles. The number of nitrogens with one attached hydrogen (secondary N) is 3. The topological polar surface area (TPSA) is 413 Å². The lowest BCUT2D eigenvalue weighted by Crippen LogP contribution is -2.68. The van der Waals surface area contributed by atoms with Crippen molar-refractivity contribution in [2.45, 2.75) is 248 Å². The summed E-state index contributed by atoms with van der Waals surface area (Å²) in [5, 5.41) is 92.2. The number of carbonyl (C=O) groups excluding carboxylic acids is 5. The van der Waals surface area contributed by atoms with Crippen molar-refractivity contribution in [1.82, 2.24) is 16.0 Å². The molecule has 3 aliphatic rings. The molecule has 0 aromatic rings. The minimum atomic E-state index is -4.68. The van der Waals surface area contributed by atoms with Crippen LogP contribution in [-0.4, -0.2) is 226 Å². The zero-order chi connectivity index (χ0) is 61.3. The van der Waals surface area contributed by atoms with E-state index in [4.69, 9.17) is 46.9 Å². The van der Waals surface area contributed by atoms with Crippen LogP contribution in [-0.2, 0) is 75.5 Å². The molecule has 3 rings (SSSR count). The van der Waals surface area contributed by atoms with E-state index in [0.717, 1.165) is 52.4 Å². The number of amides is 3. The van der Waals surface area contributed by atoms with Gasteiger partial charge in [-0.1, -0.05) is 70.4 Å². The van der Waals surface area contributed by atoms with E-state index in [9.17, 15) is 74.3 Å². The number of carbonyl (C=O) groups is 5. The van der Waals surface area contributed by atoms with Gasteiger partial charge in [-0.2, -0.15) is 0 Å². The van der Waals surface area contributed by atoms with E-state index in [0.29, 0.717) is 19.3 Å². The number of rotatable bonds is 42. The van der Waals surface area contributed by atoms with Gasteiger partial charge in [0.05, 0.1) is 39.1 Å². The Balaban J connectivity index is 1.36. The summed E-state index contributed by atoms with van der Waals surface area (Å²) < 4.78 is 68.0. The molecule has 482 valence electrons. The summed E-state index contributed by atoms with van der Waals surface area (Å²) in [5.74, 6) is -2.69. The first-order valence-corrected chi connectivity index (χ1v) is 30.7. The first-order valence-electron chi connectivity index (χ1n) is 29.2. The van der Waals surface area contributed by atoms with Crippen molar-refractivity contribution in [3.8, 4) is 0 Å². The Hall–Kier alpha value is -3.36. The molecule has 0 aromatic carbocycles. The fourth-order valence-electron chi connectivity index (χ4n) is 9.26. The van der Waals surface area contributed by atoms with Crippen molar-refractivity contribution >= 4 is 37.5 Å². The number of ether oxygens (including phenoxy) is 8. The highest BCUT2D eigenvalue weighted by Crippen LogP contribution is 2.43. The summed E-state index contributed by atoms with van der Waals surface area (Å²) in [5.41, 5.74) is 0. The van der Waals surface area contributed by atoms with Gasteiger partial charge in [-0.3, -0.25) is 33.0 Å². The minimum Gasteiger partial charge on any atom is -0.462 e. The van der Waals surface area contributed by atoms with Crippen molar-refractivity contribution < 1.29 is 121 Å². The van der Waals surface area contributed by atoms with Crippen molar-refractivity contribution in [3.63, 3.8) is 0 Å². The predicted octanol–water partition coefficient (Wildman–Crippen LogP) is 0.452. The lowest BCUT2D eigenvalue weighted by Gasteiger charge is -2.49. The van der Waals surface area contributed by atoms with Gasteiger partial charge < -0.3 is 99.6 Å². The Labute approximate surface area is 486 Å². The van der Waals surface area contributed by atoms with E-state index in [-0.39, 0.29) is 51.3 Å². The fraction of sp³-hybridized carbons (Fsp3) is 0.870. The Morgan fingerprint density at radius 3 is 1.77 bits per heavy atom. The number of aliphatic hydroxyl groups excluding tert-OH is 8. The molecule has 28 nitrogen and oxygen atoms in total. The number of hydrogen-bond acceptors (Lipinski definition) is 24. The summed E-state index contributed by atoms with van der Waals surface area (Å²) in [6.07, 6.45) is -3.75. The number of aliphatic hydroxyl groups is 8. The molecule has 17 atom stereocenters. The third kappa shape index (κ3) is 28.4. The second-order valence-electron chi connectivity index (χ2n) is 21.0. The van der Waals surface area contributed by atoms with E-state index in [1.165, 1.54) is 45.4 Å². The molecule has 17 unspecified atom stereocenters. The molecule has 83 heavy (non-hydrogen) atoms. The molecule has 0 aliphatic carbocycles. The first-order chi connectivity index (χ1) is 39.6. The average molecular weight is 1220 g/mol. The number of hydrogen-bond donors (Lipinski definition) is 12. The molecular formula is C54H96N3O25P. The minimum absolute atomic E-state index is 0.0139. The highest BCUT2D eigenvalue weighted by molar-refractivity contribution is 7.47. The van der Waals surface area contributed by atoms with Crippen molar-refractivity contribution in [1.29, 1.82) is 0 Å². The van der Waals surface area contributed by atoms with Crippen LogP contribution in [0.1, 0.15) is 150 Å². The van der Waals surface area contributed by atoms with Gasteiger partial charge in [0.1, 0.15) is 73.7 Å². The summed E-state index contributed by atoms with van der Waals surface area (Å²) in [6.45, 7) is 2.54. The normalized spacial score (nSPS) is 29.4. The van der Waals surface area contributed by atoms with Gasteiger partial charge in [-0.25, -0.2) is 4.57 Å². The smallest absolute Gasteiger partial charge is 0.462 e. The second-order valence-corrected chi connectivity index (χ2v) is 22.5. The molecule has 0 bridgehead atoms. The van der Waals surface area contributed by atoms with Crippen LogP contribution in [0.25, 0.3) is 0 Å². The van der Waals surface area contributed by atoms with Gasteiger partial charge in [0.2, 0.25) is 17.7 Å². The average Bonchev–Trinajstić information content (AvgIpc) is 3.64. The Bertz CT molecular complexity index is 1940. The maximum absolute atomic E-state index is 12.7. The molecule has 0 radical (unpaired) electrons. The lowest BCUT2D eigenvalue weighted by atomic mass is 9.95. The number of allylic oxidation sites excluding steroid dienone is 2. The number of esters is 2. The van der Waals surface area contributed by atoms with Crippen LogP contribution < -0.4 is 16.0 Å². The zero-order valence-corrected chi connectivity index (χ0v) is 49.4. The standard InChI is InChI=1S/C54H96N3O25P/c1-5-6-7-8-9-10-11-12-13-14-15-16-17-18-19-25-42(64)74-32-37(78-36(4)61)33-76-83(71,72)75-29-27-56-41(63)24-21-20-23-40(62)55-26-22-28-73-54-51(82-53-49(70)48(69)44(65)34(2)77-53)50(46(67)39(31-59)80-54)81-52-43(57-35(3)60)47(68)45(66)38(30-58)79-52/h12-13,34,37-39,43-54,58-59,65-70H,5-11,14-33H2,1-4H3,(H,55,62)(H,56,63)(H,57,60)(H,71,72)/b13-12+. The number of phosphoric acid groups is 1. The molecule has 3 fully saturated rings. The quantitative estimate of drug-likeness (QED) is 0.0171. The van der Waals surface area contributed by atoms with Gasteiger partial charge in [0.25, 0.3) is 0 Å². The van der Waals surface area contributed by atoms with Gasteiger partial charge in [-0.15, -0.1) is 0 Å². The highest BCUT2D eigenvalue weighted by atomic mass is 31.2.